The Morgan fingerprint density at radius 1 is 1.31 bits per heavy atom. The van der Waals surface area contributed by atoms with Gasteiger partial charge in [0.05, 0.1) is 6.54 Å². The van der Waals surface area contributed by atoms with Crippen LogP contribution in [0.15, 0.2) is 42.5 Å². The molecule has 1 N–H and O–H groups in total. The average Bonchev–Trinajstić information content (AvgIpc) is 2.66. The molecule has 1 amide bonds. The van der Waals surface area contributed by atoms with Crippen LogP contribution in [-0.4, -0.2) is 31.3 Å². The third kappa shape index (κ3) is 4.41. The Kier molecular flexibility index (Phi) is 5.89. The number of carbonyl (C=O) groups excluding carboxylic acids is 1. The SMILES string of the molecule is CC[C@@H](Oc1ccc(Cl)c(C)c1)C(=O)NC[C@@H]1COc2ccccc2O1. The molecule has 0 spiro atoms. The maximum Gasteiger partial charge on any atom is 0.261 e. The van der Waals surface area contributed by atoms with Gasteiger partial charge in [-0.2, -0.15) is 0 Å². The molecule has 2 aromatic carbocycles. The van der Waals surface area contributed by atoms with E-state index in [9.17, 15) is 4.79 Å². The summed E-state index contributed by atoms with van der Waals surface area (Å²) in [5, 5.41) is 3.56. The monoisotopic (exact) mass is 375 g/mol. The van der Waals surface area contributed by atoms with Gasteiger partial charge in [-0.25, -0.2) is 0 Å². The minimum absolute atomic E-state index is 0.178. The van der Waals surface area contributed by atoms with Crippen molar-refractivity contribution in [2.45, 2.75) is 32.5 Å². The topological polar surface area (TPSA) is 56.8 Å². The first-order valence-electron chi connectivity index (χ1n) is 8.66. The summed E-state index contributed by atoms with van der Waals surface area (Å²) in [5.74, 6) is 1.86. The van der Waals surface area contributed by atoms with Gasteiger partial charge in [-0.05, 0) is 49.2 Å². The smallest absolute Gasteiger partial charge is 0.261 e. The summed E-state index contributed by atoms with van der Waals surface area (Å²) < 4.78 is 17.3. The second-order valence-electron chi connectivity index (χ2n) is 6.17. The van der Waals surface area contributed by atoms with Crippen molar-refractivity contribution in [2.24, 2.45) is 0 Å². The van der Waals surface area contributed by atoms with E-state index in [0.717, 1.165) is 11.3 Å². The van der Waals surface area contributed by atoms with Crippen molar-refractivity contribution >= 4 is 17.5 Å². The molecule has 3 rings (SSSR count). The fourth-order valence-electron chi connectivity index (χ4n) is 2.67. The summed E-state index contributed by atoms with van der Waals surface area (Å²) >= 11 is 6.02. The third-order valence-electron chi connectivity index (χ3n) is 4.14. The van der Waals surface area contributed by atoms with Gasteiger partial charge in [-0.3, -0.25) is 4.79 Å². The van der Waals surface area contributed by atoms with E-state index in [2.05, 4.69) is 5.32 Å². The van der Waals surface area contributed by atoms with E-state index in [1.54, 1.807) is 12.1 Å². The van der Waals surface area contributed by atoms with Gasteiger partial charge in [-0.15, -0.1) is 0 Å². The largest absolute Gasteiger partial charge is 0.486 e. The van der Waals surface area contributed by atoms with Crippen LogP contribution >= 0.6 is 11.6 Å². The van der Waals surface area contributed by atoms with Crippen molar-refractivity contribution in [1.29, 1.82) is 0 Å². The van der Waals surface area contributed by atoms with Gasteiger partial charge >= 0.3 is 0 Å². The zero-order valence-electron chi connectivity index (χ0n) is 14.8. The number of fused-ring (bicyclic) bond motifs is 1. The summed E-state index contributed by atoms with van der Waals surface area (Å²) in [5.41, 5.74) is 0.908. The van der Waals surface area contributed by atoms with Crippen LogP contribution in [0.4, 0.5) is 0 Å². The molecule has 6 heteroatoms. The lowest BCUT2D eigenvalue weighted by molar-refractivity contribution is -0.128. The number of amides is 1. The van der Waals surface area contributed by atoms with Crippen molar-refractivity contribution in [3.05, 3.63) is 53.1 Å². The molecule has 0 fully saturated rings. The van der Waals surface area contributed by atoms with Gasteiger partial charge in [0.2, 0.25) is 0 Å². The number of hydrogen-bond acceptors (Lipinski definition) is 4. The Morgan fingerprint density at radius 2 is 2.08 bits per heavy atom. The molecule has 1 aliphatic heterocycles. The molecule has 5 nitrogen and oxygen atoms in total. The Bertz CT molecular complexity index is 780. The lowest BCUT2D eigenvalue weighted by Crippen LogP contribution is -2.45. The average molecular weight is 376 g/mol. The third-order valence-corrected chi connectivity index (χ3v) is 4.57. The molecule has 2 atom stereocenters. The highest BCUT2D eigenvalue weighted by Gasteiger charge is 2.24. The fraction of sp³-hybridized carbons (Fsp3) is 0.350. The molecule has 0 bridgehead atoms. The van der Waals surface area contributed by atoms with E-state index < -0.39 is 6.10 Å². The van der Waals surface area contributed by atoms with Crippen molar-refractivity contribution in [3.63, 3.8) is 0 Å². The van der Waals surface area contributed by atoms with Crippen LogP contribution in [-0.2, 0) is 4.79 Å². The predicted octanol–water partition coefficient (Wildman–Crippen LogP) is 3.76. The number of hydrogen-bond donors (Lipinski definition) is 1. The minimum atomic E-state index is -0.577. The Balaban J connectivity index is 1.54. The second kappa shape index (κ2) is 8.32. The maximum absolute atomic E-state index is 12.5. The van der Waals surface area contributed by atoms with Gasteiger partial charge in [0, 0.05) is 5.02 Å². The molecule has 0 aromatic heterocycles. The first-order valence-corrected chi connectivity index (χ1v) is 9.03. The summed E-state index contributed by atoms with van der Waals surface area (Å²) in [7, 11) is 0. The number of ether oxygens (including phenoxy) is 3. The molecular weight excluding hydrogens is 354 g/mol. The number of benzene rings is 2. The van der Waals surface area contributed by atoms with Crippen molar-refractivity contribution in [1.82, 2.24) is 5.32 Å². The summed E-state index contributed by atoms with van der Waals surface area (Å²) in [6.45, 7) is 4.55. The van der Waals surface area contributed by atoms with Crippen LogP contribution in [0.5, 0.6) is 17.2 Å². The summed E-state index contributed by atoms with van der Waals surface area (Å²) in [4.78, 5) is 12.5. The van der Waals surface area contributed by atoms with Crippen LogP contribution in [0, 0.1) is 6.92 Å². The van der Waals surface area contributed by atoms with Crippen LogP contribution < -0.4 is 19.5 Å². The first kappa shape index (κ1) is 18.4. The van der Waals surface area contributed by atoms with Crippen LogP contribution in [0.1, 0.15) is 18.9 Å². The van der Waals surface area contributed by atoms with Crippen LogP contribution in [0.3, 0.4) is 0 Å². The highest BCUT2D eigenvalue weighted by Crippen LogP contribution is 2.30. The van der Waals surface area contributed by atoms with E-state index in [-0.39, 0.29) is 12.0 Å². The maximum atomic E-state index is 12.5. The van der Waals surface area contributed by atoms with Crippen molar-refractivity contribution in [3.8, 4) is 17.2 Å². The molecule has 1 aliphatic rings. The minimum Gasteiger partial charge on any atom is -0.486 e. The summed E-state index contributed by atoms with van der Waals surface area (Å²) in [6.07, 6.45) is -0.255. The molecule has 1 heterocycles. The Labute approximate surface area is 158 Å². The van der Waals surface area contributed by atoms with E-state index in [4.69, 9.17) is 25.8 Å². The zero-order chi connectivity index (χ0) is 18.5. The highest BCUT2D eigenvalue weighted by atomic mass is 35.5. The van der Waals surface area contributed by atoms with Gasteiger partial charge in [0.15, 0.2) is 17.6 Å². The molecule has 0 saturated heterocycles. The second-order valence-corrected chi connectivity index (χ2v) is 6.58. The van der Waals surface area contributed by atoms with E-state index in [0.29, 0.717) is 36.1 Å². The van der Waals surface area contributed by atoms with Gasteiger partial charge in [0.25, 0.3) is 5.91 Å². The van der Waals surface area contributed by atoms with Crippen molar-refractivity contribution in [2.75, 3.05) is 13.2 Å². The number of rotatable bonds is 6. The number of halogens is 1. The zero-order valence-corrected chi connectivity index (χ0v) is 15.6. The lowest BCUT2D eigenvalue weighted by Gasteiger charge is -2.27. The van der Waals surface area contributed by atoms with Gasteiger partial charge in [-0.1, -0.05) is 30.7 Å². The first-order chi connectivity index (χ1) is 12.6. The van der Waals surface area contributed by atoms with E-state index >= 15 is 0 Å². The highest BCUT2D eigenvalue weighted by molar-refractivity contribution is 6.31. The standard InChI is InChI=1S/C20H22ClNO4/c1-3-17(25-14-8-9-16(21)13(2)10-14)20(23)22-11-15-12-24-18-6-4-5-7-19(18)26-15/h4-10,15,17H,3,11-12H2,1-2H3,(H,22,23)/t15-,17-/m1/s1. The molecule has 0 saturated carbocycles. The van der Waals surface area contributed by atoms with Gasteiger partial charge < -0.3 is 19.5 Å². The normalized spacial score (nSPS) is 16.7. The molecule has 0 radical (unpaired) electrons. The lowest BCUT2D eigenvalue weighted by atomic mass is 10.2. The molecule has 0 unspecified atom stereocenters. The molecule has 26 heavy (non-hydrogen) atoms. The molecule has 0 aliphatic carbocycles. The van der Waals surface area contributed by atoms with Crippen molar-refractivity contribution < 1.29 is 19.0 Å². The Morgan fingerprint density at radius 3 is 2.81 bits per heavy atom. The number of nitrogens with one attached hydrogen (secondary N) is 1. The quantitative estimate of drug-likeness (QED) is 0.835. The van der Waals surface area contributed by atoms with Crippen LogP contribution in [0.2, 0.25) is 5.02 Å². The molecule has 2 aromatic rings. The Hall–Kier alpha value is -2.40. The molecular formula is C20H22ClNO4. The number of para-hydroxylation sites is 2. The van der Waals surface area contributed by atoms with Gasteiger partial charge in [0.1, 0.15) is 18.5 Å². The van der Waals surface area contributed by atoms with E-state index in [1.807, 2.05) is 44.2 Å². The van der Waals surface area contributed by atoms with E-state index in [1.165, 1.54) is 0 Å². The fourth-order valence-corrected chi connectivity index (χ4v) is 2.79. The molecule has 138 valence electrons. The predicted molar refractivity (Wildman–Crippen MR) is 100 cm³/mol. The number of carbonyl (C=O) groups is 1. The summed E-state index contributed by atoms with van der Waals surface area (Å²) in [6, 6.07) is 12.8. The van der Waals surface area contributed by atoms with Crippen LogP contribution in [0.25, 0.3) is 0 Å². The number of aryl methyl sites for hydroxylation is 1.